The highest BCUT2D eigenvalue weighted by Gasteiger charge is 2.13. The van der Waals surface area contributed by atoms with Crippen LogP contribution < -0.4 is 10.2 Å². The van der Waals surface area contributed by atoms with Crippen LogP contribution in [0.2, 0.25) is 5.15 Å². The first kappa shape index (κ1) is 17.8. The molecule has 126 valence electrons. The van der Waals surface area contributed by atoms with E-state index in [1.54, 1.807) is 26.0 Å². The number of ether oxygens (including phenoxy) is 1. The van der Waals surface area contributed by atoms with Crippen molar-refractivity contribution in [2.75, 3.05) is 0 Å². The van der Waals surface area contributed by atoms with Crippen LogP contribution in [0, 0.1) is 6.92 Å². The predicted octanol–water partition coefficient (Wildman–Crippen LogP) is 3.80. The molecule has 1 aromatic carbocycles. The summed E-state index contributed by atoms with van der Waals surface area (Å²) in [4.78, 5) is 15.8. The van der Waals surface area contributed by atoms with Gasteiger partial charge in [-0.1, -0.05) is 23.2 Å². The lowest BCUT2D eigenvalue weighted by molar-refractivity contribution is -0.0499. The lowest BCUT2D eigenvalue weighted by Crippen LogP contribution is -2.20. The summed E-state index contributed by atoms with van der Waals surface area (Å²) in [6, 6.07) is 7.69. The molecule has 8 heteroatoms. The summed E-state index contributed by atoms with van der Waals surface area (Å²) in [5.41, 5.74) is 4.14. The molecule has 1 heterocycles. The summed E-state index contributed by atoms with van der Waals surface area (Å²) < 4.78 is 29.4. The average molecular weight is 354 g/mol. The van der Waals surface area contributed by atoms with Gasteiger partial charge < -0.3 is 4.74 Å². The summed E-state index contributed by atoms with van der Waals surface area (Å²) in [7, 11) is 0. The molecule has 0 saturated heterocycles. The van der Waals surface area contributed by atoms with Gasteiger partial charge in [0.1, 0.15) is 10.9 Å². The lowest BCUT2D eigenvalue weighted by Gasteiger charge is -2.11. The maximum atomic E-state index is 12.5. The molecule has 0 aliphatic heterocycles. The second-order valence-corrected chi connectivity index (χ2v) is 5.27. The minimum Gasteiger partial charge on any atom is -0.434 e. The van der Waals surface area contributed by atoms with Gasteiger partial charge >= 0.3 is 6.61 Å². The number of benzene rings is 1. The van der Waals surface area contributed by atoms with Crippen LogP contribution in [0.5, 0.6) is 5.75 Å². The fourth-order valence-electron chi connectivity index (χ4n) is 1.89. The van der Waals surface area contributed by atoms with E-state index in [1.165, 1.54) is 24.4 Å². The molecule has 2 rings (SSSR count). The Morgan fingerprint density at radius 1 is 1.33 bits per heavy atom. The van der Waals surface area contributed by atoms with Gasteiger partial charge in [0.05, 0.1) is 11.3 Å². The number of alkyl halides is 2. The molecule has 0 aliphatic carbocycles. The zero-order valence-corrected chi connectivity index (χ0v) is 13.6. The first-order valence-electron chi connectivity index (χ1n) is 6.89. The second kappa shape index (κ2) is 7.83. The molecule has 0 fully saturated rings. The van der Waals surface area contributed by atoms with Crippen molar-refractivity contribution in [3.05, 3.63) is 58.4 Å². The van der Waals surface area contributed by atoms with Gasteiger partial charge in [-0.15, -0.1) is 0 Å². The number of carbonyl (C=O) groups is 1. The van der Waals surface area contributed by atoms with Gasteiger partial charge in [0.15, 0.2) is 0 Å². The second-order valence-electron chi connectivity index (χ2n) is 4.89. The minimum absolute atomic E-state index is 0.0146. The molecule has 0 atom stereocenters. The summed E-state index contributed by atoms with van der Waals surface area (Å²) in [6.45, 7) is 0.433. The Morgan fingerprint density at radius 3 is 2.71 bits per heavy atom. The lowest BCUT2D eigenvalue weighted by atomic mass is 10.1. The number of amides is 1. The van der Waals surface area contributed by atoms with E-state index in [1.807, 2.05) is 0 Å². The van der Waals surface area contributed by atoms with Gasteiger partial charge in [-0.25, -0.2) is 10.4 Å². The third-order valence-corrected chi connectivity index (χ3v) is 3.28. The van der Waals surface area contributed by atoms with Crippen LogP contribution >= 0.6 is 11.6 Å². The van der Waals surface area contributed by atoms with E-state index < -0.39 is 12.5 Å². The van der Waals surface area contributed by atoms with Crippen LogP contribution in [0.4, 0.5) is 8.78 Å². The predicted molar refractivity (Wildman–Crippen MR) is 86.7 cm³/mol. The van der Waals surface area contributed by atoms with E-state index >= 15 is 0 Å². The first-order chi connectivity index (χ1) is 11.4. The van der Waals surface area contributed by atoms with Crippen LogP contribution in [0.1, 0.15) is 28.4 Å². The number of pyridine rings is 1. The average Bonchev–Trinajstić information content (AvgIpc) is 2.54. The Morgan fingerprint density at radius 2 is 2.08 bits per heavy atom. The third kappa shape index (κ3) is 4.73. The molecule has 1 amide bonds. The van der Waals surface area contributed by atoms with Crippen LogP contribution in [0.25, 0.3) is 0 Å². The van der Waals surface area contributed by atoms with Crippen LogP contribution in [-0.2, 0) is 0 Å². The molecule has 0 aliphatic rings. The standard InChI is InChI=1S/C16H14ClF2N3O2/c1-9-3-5-13(24-16(18)19)12(7-9)10(2)21-22-15(23)11-4-6-14(17)20-8-11/h3-8,16H,1-2H3,(H,22,23)/b21-10-. The van der Waals surface area contributed by atoms with E-state index in [4.69, 9.17) is 11.6 Å². The monoisotopic (exact) mass is 353 g/mol. The normalized spacial score (nSPS) is 11.5. The number of hydrazone groups is 1. The van der Waals surface area contributed by atoms with E-state index in [2.05, 4.69) is 20.2 Å². The number of hydrogen-bond acceptors (Lipinski definition) is 4. The molecule has 0 spiro atoms. The highest BCUT2D eigenvalue weighted by molar-refractivity contribution is 6.29. The maximum absolute atomic E-state index is 12.5. The number of rotatable bonds is 5. The van der Waals surface area contributed by atoms with Gasteiger partial charge in [-0.2, -0.15) is 13.9 Å². The number of aryl methyl sites for hydroxylation is 1. The molecule has 5 nitrogen and oxygen atoms in total. The number of carbonyl (C=O) groups excluding carboxylic acids is 1. The van der Waals surface area contributed by atoms with Crippen molar-refractivity contribution in [2.45, 2.75) is 20.5 Å². The minimum atomic E-state index is -2.95. The highest BCUT2D eigenvalue weighted by atomic mass is 35.5. The first-order valence-corrected chi connectivity index (χ1v) is 7.26. The Labute approximate surface area is 142 Å². The zero-order chi connectivity index (χ0) is 17.7. The van der Waals surface area contributed by atoms with E-state index in [-0.39, 0.29) is 16.5 Å². The van der Waals surface area contributed by atoms with Crippen molar-refractivity contribution in [3.8, 4) is 5.75 Å². The molecule has 2 aromatic rings. The smallest absolute Gasteiger partial charge is 0.387 e. The third-order valence-electron chi connectivity index (χ3n) is 3.06. The fraction of sp³-hybridized carbons (Fsp3) is 0.188. The molecule has 24 heavy (non-hydrogen) atoms. The summed E-state index contributed by atoms with van der Waals surface area (Å²) in [5, 5.41) is 4.20. The summed E-state index contributed by atoms with van der Waals surface area (Å²) in [6.07, 6.45) is 1.31. The number of nitrogens with one attached hydrogen (secondary N) is 1. The van der Waals surface area contributed by atoms with E-state index in [0.29, 0.717) is 11.3 Å². The van der Waals surface area contributed by atoms with Gasteiger partial charge in [0, 0.05) is 11.8 Å². The Balaban J connectivity index is 2.19. The van der Waals surface area contributed by atoms with Crippen LogP contribution in [0.3, 0.4) is 0 Å². The van der Waals surface area contributed by atoms with E-state index in [0.717, 1.165) is 5.56 Å². The molecule has 1 N–H and O–H groups in total. The largest absolute Gasteiger partial charge is 0.434 e. The quantitative estimate of drug-likeness (QED) is 0.505. The van der Waals surface area contributed by atoms with Crippen molar-refractivity contribution in [2.24, 2.45) is 5.10 Å². The number of hydrogen-bond donors (Lipinski definition) is 1. The van der Waals surface area contributed by atoms with Crippen LogP contribution in [0.15, 0.2) is 41.6 Å². The van der Waals surface area contributed by atoms with Crippen molar-refractivity contribution < 1.29 is 18.3 Å². The topological polar surface area (TPSA) is 63.6 Å². The molecule has 1 aromatic heterocycles. The Hall–Kier alpha value is -2.54. The Bertz CT molecular complexity index is 764. The Kier molecular flexibility index (Phi) is 5.81. The van der Waals surface area contributed by atoms with Crippen molar-refractivity contribution in [1.29, 1.82) is 0 Å². The molecular formula is C16H14ClF2N3O2. The number of aromatic nitrogens is 1. The number of halogens is 3. The van der Waals surface area contributed by atoms with E-state index in [9.17, 15) is 13.6 Å². The number of nitrogens with zero attached hydrogens (tertiary/aromatic N) is 2. The van der Waals surface area contributed by atoms with Crippen molar-refractivity contribution >= 4 is 23.2 Å². The maximum Gasteiger partial charge on any atom is 0.387 e. The highest BCUT2D eigenvalue weighted by Crippen LogP contribution is 2.22. The van der Waals surface area contributed by atoms with Crippen molar-refractivity contribution in [1.82, 2.24) is 10.4 Å². The molecule has 0 unspecified atom stereocenters. The van der Waals surface area contributed by atoms with Gasteiger partial charge in [0.25, 0.3) is 5.91 Å². The molecular weight excluding hydrogens is 340 g/mol. The summed E-state index contributed by atoms with van der Waals surface area (Å²) in [5.74, 6) is -0.512. The molecule has 0 bridgehead atoms. The fourth-order valence-corrected chi connectivity index (χ4v) is 2.01. The zero-order valence-electron chi connectivity index (χ0n) is 12.9. The van der Waals surface area contributed by atoms with Gasteiger partial charge in [0.2, 0.25) is 0 Å². The van der Waals surface area contributed by atoms with Crippen LogP contribution in [-0.4, -0.2) is 23.2 Å². The molecule has 0 radical (unpaired) electrons. The molecule has 0 saturated carbocycles. The summed E-state index contributed by atoms with van der Waals surface area (Å²) >= 11 is 5.65. The van der Waals surface area contributed by atoms with Gasteiger partial charge in [-0.3, -0.25) is 4.79 Å². The van der Waals surface area contributed by atoms with Gasteiger partial charge in [-0.05, 0) is 38.1 Å². The van der Waals surface area contributed by atoms with Crippen molar-refractivity contribution in [3.63, 3.8) is 0 Å². The SMILES string of the molecule is C/C(=N/NC(=O)c1ccc(Cl)nc1)c1cc(C)ccc1OC(F)F.